The molecular weight excluding hydrogens is 158 g/mol. The van der Waals surface area contributed by atoms with E-state index in [1.807, 2.05) is 0 Å². The fraction of sp³-hybridized carbons (Fsp3) is 1.00. The fourth-order valence-corrected chi connectivity index (χ4v) is 3.03. The average molecular weight is 181 g/mol. The van der Waals surface area contributed by atoms with Crippen LogP contribution in [0.3, 0.4) is 0 Å². The van der Waals surface area contributed by atoms with Gasteiger partial charge in [0, 0.05) is 6.04 Å². The van der Waals surface area contributed by atoms with Crippen LogP contribution in [0.1, 0.15) is 51.9 Å². The van der Waals surface area contributed by atoms with Crippen LogP contribution in [0, 0.1) is 11.8 Å². The highest BCUT2D eigenvalue weighted by Gasteiger charge is 2.26. The molecule has 1 aliphatic heterocycles. The summed E-state index contributed by atoms with van der Waals surface area (Å²) in [6, 6.07) is 0.778. The minimum absolute atomic E-state index is 0.778. The maximum absolute atomic E-state index is 3.63. The van der Waals surface area contributed by atoms with E-state index >= 15 is 0 Å². The van der Waals surface area contributed by atoms with E-state index in [0.717, 1.165) is 17.9 Å². The molecule has 76 valence electrons. The maximum atomic E-state index is 3.63. The molecule has 2 atom stereocenters. The third-order valence-electron chi connectivity index (χ3n) is 4.02. The summed E-state index contributed by atoms with van der Waals surface area (Å²) >= 11 is 0. The zero-order valence-corrected chi connectivity index (χ0v) is 8.89. The van der Waals surface area contributed by atoms with Crippen molar-refractivity contribution in [3.05, 3.63) is 0 Å². The van der Waals surface area contributed by atoms with Crippen LogP contribution >= 0.6 is 0 Å². The van der Waals surface area contributed by atoms with E-state index in [1.165, 1.54) is 51.5 Å². The molecule has 1 N–H and O–H groups in total. The van der Waals surface area contributed by atoms with Crippen molar-refractivity contribution < 1.29 is 0 Å². The van der Waals surface area contributed by atoms with Gasteiger partial charge >= 0.3 is 0 Å². The van der Waals surface area contributed by atoms with E-state index in [2.05, 4.69) is 12.2 Å². The largest absolute Gasteiger partial charge is 0.314 e. The van der Waals surface area contributed by atoms with E-state index < -0.39 is 0 Å². The summed E-state index contributed by atoms with van der Waals surface area (Å²) in [4.78, 5) is 0. The summed E-state index contributed by atoms with van der Waals surface area (Å²) < 4.78 is 0. The number of hydrogen-bond donors (Lipinski definition) is 1. The molecule has 0 aromatic carbocycles. The van der Waals surface area contributed by atoms with Crippen molar-refractivity contribution in [2.75, 3.05) is 6.54 Å². The van der Waals surface area contributed by atoms with Gasteiger partial charge in [-0.25, -0.2) is 0 Å². The van der Waals surface area contributed by atoms with Crippen LogP contribution in [0.4, 0.5) is 0 Å². The normalized spacial score (nSPS) is 37.6. The predicted molar refractivity (Wildman–Crippen MR) is 56.8 cm³/mol. The molecule has 1 aliphatic carbocycles. The van der Waals surface area contributed by atoms with Crippen LogP contribution in [0.15, 0.2) is 0 Å². The first-order valence-corrected chi connectivity index (χ1v) is 6.09. The van der Waals surface area contributed by atoms with Gasteiger partial charge < -0.3 is 5.32 Å². The van der Waals surface area contributed by atoms with Gasteiger partial charge in [-0.3, -0.25) is 0 Å². The molecule has 1 heterocycles. The van der Waals surface area contributed by atoms with Crippen LogP contribution < -0.4 is 5.32 Å². The Morgan fingerprint density at radius 3 is 2.23 bits per heavy atom. The third kappa shape index (κ3) is 2.46. The molecule has 0 amide bonds. The molecule has 1 nitrogen and oxygen atoms in total. The molecule has 1 heteroatoms. The average Bonchev–Trinajstić information content (AvgIpc) is 2.20. The van der Waals surface area contributed by atoms with Gasteiger partial charge in [0.1, 0.15) is 0 Å². The van der Waals surface area contributed by atoms with Crippen molar-refractivity contribution in [1.82, 2.24) is 5.32 Å². The SMILES string of the molecule is CC1CCC(C2CCCCC2)CN1. The fourth-order valence-electron chi connectivity index (χ4n) is 3.03. The highest BCUT2D eigenvalue weighted by molar-refractivity contribution is 4.81. The van der Waals surface area contributed by atoms with Gasteiger partial charge in [0.25, 0.3) is 0 Å². The highest BCUT2D eigenvalue weighted by atomic mass is 14.9. The molecule has 2 rings (SSSR count). The third-order valence-corrected chi connectivity index (χ3v) is 4.02. The lowest BCUT2D eigenvalue weighted by molar-refractivity contribution is 0.191. The Labute approximate surface area is 82.3 Å². The monoisotopic (exact) mass is 181 g/mol. The van der Waals surface area contributed by atoms with Crippen LogP contribution in [0.25, 0.3) is 0 Å². The molecule has 0 radical (unpaired) electrons. The van der Waals surface area contributed by atoms with Crippen molar-refractivity contribution in [2.24, 2.45) is 11.8 Å². The van der Waals surface area contributed by atoms with Crippen LogP contribution in [0.5, 0.6) is 0 Å². The zero-order valence-electron chi connectivity index (χ0n) is 8.89. The predicted octanol–water partition coefficient (Wildman–Crippen LogP) is 2.95. The van der Waals surface area contributed by atoms with E-state index in [-0.39, 0.29) is 0 Å². The topological polar surface area (TPSA) is 12.0 Å². The minimum atomic E-state index is 0.778. The second kappa shape index (κ2) is 4.45. The van der Waals surface area contributed by atoms with Gasteiger partial charge in [-0.05, 0) is 38.1 Å². The minimum Gasteiger partial charge on any atom is -0.314 e. The lowest BCUT2D eigenvalue weighted by atomic mass is 9.76. The van der Waals surface area contributed by atoms with E-state index in [4.69, 9.17) is 0 Å². The zero-order chi connectivity index (χ0) is 9.10. The summed E-state index contributed by atoms with van der Waals surface area (Å²) in [5, 5.41) is 3.63. The number of nitrogens with one attached hydrogen (secondary N) is 1. The quantitative estimate of drug-likeness (QED) is 0.656. The highest BCUT2D eigenvalue weighted by Crippen LogP contribution is 2.33. The van der Waals surface area contributed by atoms with E-state index in [0.29, 0.717) is 0 Å². The van der Waals surface area contributed by atoms with Crippen molar-refractivity contribution >= 4 is 0 Å². The summed E-state index contributed by atoms with van der Waals surface area (Å²) in [7, 11) is 0. The van der Waals surface area contributed by atoms with Gasteiger partial charge in [0.05, 0.1) is 0 Å². The first-order valence-electron chi connectivity index (χ1n) is 6.09. The van der Waals surface area contributed by atoms with Crippen molar-refractivity contribution in [1.29, 1.82) is 0 Å². The van der Waals surface area contributed by atoms with E-state index in [9.17, 15) is 0 Å². The van der Waals surface area contributed by atoms with Gasteiger partial charge in [0.2, 0.25) is 0 Å². The molecule has 0 aromatic rings. The summed E-state index contributed by atoms with van der Waals surface area (Å²) in [6.45, 7) is 3.61. The summed E-state index contributed by atoms with van der Waals surface area (Å²) in [5.74, 6) is 2.07. The molecule has 1 saturated heterocycles. The Hall–Kier alpha value is -0.0400. The smallest absolute Gasteiger partial charge is 0.00389 e. The van der Waals surface area contributed by atoms with Crippen LogP contribution in [0.2, 0.25) is 0 Å². The molecule has 0 aromatic heterocycles. The standard InChI is InChI=1S/C12H23N/c1-10-7-8-12(9-13-10)11-5-3-2-4-6-11/h10-13H,2-9H2,1H3. The summed E-state index contributed by atoms with van der Waals surface area (Å²) in [5.41, 5.74) is 0. The lowest BCUT2D eigenvalue weighted by Gasteiger charge is -2.35. The number of hydrogen-bond acceptors (Lipinski definition) is 1. The number of piperidine rings is 1. The molecule has 0 bridgehead atoms. The van der Waals surface area contributed by atoms with Crippen molar-refractivity contribution in [2.45, 2.75) is 57.9 Å². The Bertz CT molecular complexity index is 141. The Balaban J connectivity index is 1.79. The Morgan fingerprint density at radius 1 is 0.846 bits per heavy atom. The summed E-state index contributed by atoms with van der Waals surface area (Å²) in [6.07, 6.45) is 10.4. The second-order valence-corrected chi connectivity index (χ2v) is 5.04. The van der Waals surface area contributed by atoms with Gasteiger partial charge in [-0.1, -0.05) is 32.1 Å². The molecule has 1 saturated carbocycles. The van der Waals surface area contributed by atoms with Crippen molar-refractivity contribution in [3.8, 4) is 0 Å². The van der Waals surface area contributed by atoms with Gasteiger partial charge in [-0.2, -0.15) is 0 Å². The lowest BCUT2D eigenvalue weighted by Crippen LogP contribution is -2.40. The molecule has 2 aliphatic rings. The molecule has 2 fully saturated rings. The van der Waals surface area contributed by atoms with Crippen molar-refractivity contribution in [3.63, 3.8) is 0 Å². The van der Waals surface area contributed by atoms with Gasteiger partial charge in [-0.15, -0.1) is 0 Å². The van der Waals surface area contributed by atoms with Gasteiger partial charge in [0.15, 0.2) is 0 Å². The maximum Gasteiger partial charge on any atom is 0.00389 e. The van der Waals surface area contributed by atoms with Crippen LogP contribution in [-0.2, 0) is 0 Å². The number of rotatable bonds is 1. The first-order chi connectivity index (χ1) is 6.36. The first kappa shape index (κ1) is 9.51. The molecule has 2 unspecified atom stereocenters. The van der Waals surface area contributed by atoms with E-state index in [1.54, 1.807) is 0 Å². The van der Waals surface area contributed by atoms with Crippen LogP contribution in [-0.4, -0.2) is 12.6 Å². The molecule has 13 heavy (non-hydrogen) atoms. The molecule has 0 spiro atoms. The second-order valence-electron chi connectivity index (χ2n) is 5.04. The Morgan fingerprint density at radius 2 is 1.62 bits per heavy atom. The molecular formula is C12H23N. The Kier molecular flexibility index (Phi) is 3.26.